The van der Waals surface area contributed by atoms with Crippen molar-refractivity contribution < 1.29 is 0 Å². The zero-order valence-electron chi connectivity index (χ0n) is 25.3. The summed E-state index contributed by atoms with van der Waals surface area (Å²) in [6.07, 6.45) is 16.4. The van der Waals surface area contributed by atoms with Gasteiger partial charge in [-0.2, -0.15) is 0 Å². The lowest BCUT2D eigenvalue weighted by Gasteiger charge is -2.82. The van der Waals surface area contributed by atoms with Crippen LogP contribution < -0.4 is 4.90 Å². The summed E-state index contributed by atoms with van der Waals surface area (Å²) in [5.41, 5.74) is 8.79. The lowest BCUT2D eigenvalue weighted by molar-refractivity contribution is -0.296. The van der Waals surface area contributed by atoms with Gasteiger partial charge in [0.05, 0.1) is 0 Å². The third-order valence-electron chi connectivity index (χ3n) is 14.5. The minimum Gasteiger partial charge on any atom is -0.310 e. The fraction of sp³-hybridized carbons (Fsp3) is 0.476. The number of benzene rings is 4. The van der Waals surface area contributed by atoms with Gasteiger partial charge in [-0.1, -0.05) is 54.6 Å². The number of anilines is 3. The van der Waals surface area contributed by atoms with Crippen LogP contribution in [0.2, 0.25) is 0 Å². The van der Waals surface area contributed by atoms with E-state index in [1.165, 1.54) is 85.6 Å². The summed E-state index contributed by atoms with van der Waals surface area (Å²) in [5.74, 6) is 5.96. The Labute approximate surface area is 256 Å². The third kappa shape index (κ3) is 3.20. The molecule has 10 aliphatic carbocycles. The van der Waals surface area contributed by atoms with Crippen LogP contribution in [0.15, 0.2) is 91.0 Å². The zero-order valence-corrected chi connectivity index (χ0v) is 25.3. The Morgan fingerprint density at radius 2 is 1.14 bits per heavy atom. The first kappa shape index (κ1) is 24.3. The van der Waals surface area contributed by atoms with Gasteiger partial charge in [-0.05, 0) is 181 Å². The Morgan fingerprint density at radius 3 is 1.79 bits per heavy atom. The van der Waals surface area contributed by atoms with Crippen LogP contribution in [-0.4, -0.2) is 0 Å². The molecule has 4 aromatic carbocycles. The molecule has 10 fully saturated rings. The fourth-order valence-corrected chi connectivity index (χ4v) is 13.9. The zero-order chi connectivity index (χ0) is 28.0. The summed E-state index contributed by atoms with van der Waals surface area (Å²) in [6.45, 7) is 0. The van der Waals surface area contributed by atoms with Gasteiger partial charge in [0.25, 0.3) is 0 Å². The van der Waals surface area contributed by atoms with Crippen molar-refractivity contribution >= 4 is 27.8 Å². The topological polar surface area (TPSA) is 3.24 Å². The molecule has 43 heavy (non-hydrogen) atoms. The molecule has 10 aliphatic rings. The smallest absolute Gasteiger partial charge is 0.0468 e. The SMILES string of the molecule is c1ccc2cc(N(c3ccc(C45CC6CC(CC(C6)C4)C5)cc3)c3ccc(C45CC6CC7CC(C6)(C4)C75)cc3)ccc2c1. The van der Waals surface area contributed by atoms with Gasteiger partial charge in [-0.3, -0.25) is 0 Å². The van der Waals surface area contributed by atoms with Crippen molar-refractivity contribution in [3.8, 4) is 0 Å². The molecule has 5 unspecified atom stereocenters. The van der Waals surface area contributed by atoms with E-state index in [1.807, 2.05) is 0 Å². The lowest BCUT2D eigenvalue weighted by Crippen LogP contribution is -2.76. The summed E-state index contributed by atoms with van der Waals surface area (Å²) >= 11 is 0. The average molecular weight is 562 g/mol. The van der Waals surface area contributed by atoms with Crippen LogP contribution in [-0.2, 0) is 10.8 Å². The summed E-state index contributed by atoms with van der Waals surface area (Å²) in [6, 6.07) is 35.7. The maximum absolute atomic E-state index is 2.53. The maximum Gasteiger partial charge on any atom is 0.0468 e. The molecule has 5 atom stereocenters. The minimum absolute atomic E-state index is 0.447. The first-order valence-corrected chi connectivity index (χ1v) is 17.6. The fourth-order valence-electron chi connectivity index (χ4n) is 13.9. The van der Waals surface area contributed by atoms with Crippen molar-refractivity contribution in [1.82, 2.24) is 0 Å². The van der Waals surface area contributed by atoms with E-state index in [0.717, 1.165) is 40.9 Å². The molecular formula is C42H43N. The lowest BCUT2D eigenvalue weighted by atomic mass is 9.22. The number of fused-ring (bicyclic) bond motifs is 1. The van der Waals surface area contributed by atoms with Crippen LogP contribution in [0.25, 0.3) is 10.8 Å². The Bertz CT molecular complexity index is 1660. The molecule has 216 valence electrons. The minimum atomic E-state index is 0.447. The molecule has 1 nitrogen and oxygen atoms in total. The average Bonchev–Trinajstić information content (AvgIpc) is 3.00. The molecule has 4 aromatic rings. The Hall–Kier alpha value is -3.06. The van der Waals surface area contributed by atoms with Crippen molar-refractivity contribution in [3.05, 3.63) is 102 Å². The highest BCUT2D eigenvalue weighted by molar-refractivity contribution is 5.89. The molecule has 9 bridgehead atoms. The molecule has 0 saturated heterocycles. The van der Waals surface area contributed by atoms with Crippen LogP contribution in [0, 0.1) is 40.9 Å². The van der Waals surface area contributed by atoms with Crippen molar-refractivity contribution in [2.24, 2.45) is 40.9 Å². The van der Waals surface area contributed by atoms with Gasteiger partial charge in [-0.15, -0.1) is 0 Å². The van der Waals surface area contributed by atoms with E-state index in [4.69, 9.17) is 0 Å². The van der Waals surface area contributed by atoms with Crippen LogP contribution >= 0.6 is 0 Å². The predicted molar refractivity (Wildman–Crippen MR) is 176 cm³/mol. The number of nitrogens with zero attached hydrogens (tertiary/aromatic N) is 1. The van der Waals surface area contributed by atoms with Crippen LogP contribution in [0.1, 0.15) is 81.8 Å². The molecule has 0 N–H and O–H groups in total. The van der Waals surface area contributed by atoms with Gasteiger partial charge in [0.1, 0.15) is 0 Å². The first-order chi connectivity index (χ1) is 21.1. The molecule has 0 heterocycles. The summed E-state index contributed by atoms with van der Waals surface area (Å²) in [7, 11) is 0. The van der Waals surface area contributed by atoms with E-state index >= 15 is 0 Å². The quantitative estimate of drug-likeness (QED) is 0.234. The molecule has 1 heteroatoms. The molecule has 14 rings (SSSR count). The van der Waals surface area contributed by atoms with E-state index in [1.54, 1.807) is 24.0 Å². The van der Waals surface area contributed by atoms with Gasteiger partial charge in [-0.25, -0.2) is 0 Å². The highest BCUT2D eigenvalue weighted by Gasteiger charge is 2.77. The van der Waals surface area contributed by atoms with Gasteiger partial charge in [0.15, 0.2) is 0 Å². The summed E-state index contributed by atoms with van der Waals surface area (Å²) in [5, 5.41) is 2.62. The maximum atomic E-state index is 2.53. The molecule has 0 radical (unpaired) electrons. The van der Waals surface area contributed by atoms with E-state index < -0.39 is 0 Å². The first-order valence-electron chi connectivity index (χ1n) is 17.6. The number of hydrogen-bond acceptors (Lipinski definition) is 1. The van der Waals surface area contributed by atoms with Crippen LogP contribution in [0.4, 0.5) is 17.1 Å². The second-order valence-electron chi connectivity index (χ2n) is 16.8. The van der Waals surface area contributed by atoms with Gasteiger partial charge >= 0.3 is 0 Å². The monoisotopic (exact) mass is 561 g/mol. The van der Waals surface area contributed by atoms with Gasteiger partial charge in [0, 0.05) is 17.1 Å². The molecule has 1 spiro atoms. The standard InChI is InChI=1S/C42H43N/c1-2-4-32-19-38(10-5-31(32)3-1)43(36-11-6-34(7-12-36)40-20-27-15-28(21-40)17-29(16-27)22-40)37-13-8-35(9-14-37)42-24-30-18-33-25-41(23-30,26-42)39(33)42/h1-14,19,27-30,33,39H,15-18,20-26H2. The van der Waals surface area contributed by atoms with Crippen LogP contribution in [0.5, 0.6) is 0 Å². The number of hydrogen-bond donors (Lipinski definition) is 0. The normalized spacial score (nSPS) is 40.7. The molecule has 0 aliphatic heterocycles. The van der Waals surface area contributed by atoms with Crippen LogP contribution in [0.3, 0.4) is 0 Å². The molecule has 0 amide bonds. The Kier molecular flexibility index (Phi) is 4.60. The van der Waals surface area contributed by atoms with Crippen molar-refractivity contribution in [3.63, 3.8) is 0 Å². The predicted octanol–water partition coefficient (Wildman–Crippen LogP) is 10.9. The highest BCUT2D eigenvalue weighted by Crippen LogP contribution is 2.84. The molecule has 0 aromatic heterocycles. The third-order valence-corrected chi connectivity index (χ3v) is 14.5. The van der Waals surface area contributed by atoms with Gasteiger partial charge < -0.3 is 4.90 Å². The Balaban J connectivity index is 0.974. The van der Waals surface area contributed by atoms with E-state index in [9.17, 15) is 0 Å². The second kappa shape index (κ2) is 8.15. The summed E-state index contributed by atoms with van der Waals surface area (Å²) in [4.78, 5) is 2.52. The highest BCUT2D eigenvalue weighted by atomic mass is 15.1. The van der Waals surface area contributed by atoms with E-state index in [2.05, 4.69) is 95.9 Å². The summed E-state index contributed by atoms with van der Waals surface area (Å²) < 4.78 is 0. The van der Waals surface area contributed by atoms with E-state index in [-0.39, 0.29) is 0 Å². The van der Waals surface area contributed by atoms with Crippen molar-refractivity contribution in [2.75, 3.05) is 4.90 Å². The van der Waals surface area contributed by atoms with E-state index in [0.29, 0.717) is 10.8 Å². The Morgan fingerprint density at radius 1 is 0.512 bits per heavy atom. The van der Waals surface area contributed by atoms with Gasteiger partial charge in [0.2, 0.25) is 0 Å². The molecular weight excluding hydrogens is 518 g/mol. The van der Waals surface area contributed by atoms with Crippen molar-refractivity contribution in [1.29, 1.82) is 0 Å². The van der Waals surface area contributed by atoms with Crippen molar-refractivity contribution in [2.45, 2.75) is 81.5 Å². The number of rotatable bonds is 5. The largest absolute Gasteiger partial charge is 0.310 e. The second-order valence-corrected chi connectivity index (χ2v) is 16.8. The molecule has 10 saturated carbocycles.